The van der Waals surface area contributed by atoms with Crippen molar-refractivity contribution in [2.75, 3.05) is 52.9 Å². The van der Waals surface area contributed by atoms with E-state index >= 15 is 0 Å². The zero-order valence-electron chi connectivity index (χ0n) is 14.9. The summed E-state index contributed by atoms with van der Waals surface area (Å²) in [4.78, 5) is 25.1. The quantitative estimate of drug-likeness (QED) is 0.171. The van der Waals surface area contributed by atoms with Crippen LogP contribution in [0, 0.1) is 12.3 Å². The van der Waals surface area contributed by atoms with E-state index < -0.39 is 6.16 Å². The highest BCUT2D eigenvalue weighted by Gasteiger charge is 2.08. The zero-order valence-corrected chi connectivity index (χ0v) is 14.9. The van der Waals surface area contributed by atoms with Gasteiger partial charge in [-0.25, -0.2) is 4.79 Å². The molecule has 0 heterocycles. The Balaban J connectivity index is 3.72. The molecular weight excluding hydrogens is 313 g/mol. The number of halogens is 1. The first-order valence-corrected chi connectivity index (χ1v) is 8.44. The Morgan fingerprint density at radius 1 is 1.17 bits per heavy atom. The summed E-state index contributed by atoms with van der Waals surface area (Å²) < 4.78 is 17.2. The van der Waals surface area contributed by atoms with Crippen LogP contribution in [0.15, 0.2) is 0 Å². The van der Waals surface area contributed by atoms with Gasteiger partial charge in [-0.1, -0.05) is 12.8 Å². The monoisotopic (exact) mass is 343 g/mol. The van der Waals surface area contributed by atoms with E-state index in [1.54, 1.807) is 0 Å². The van der Waals surface area contributed by atoms with Crippen LogP contribution in [0.4, 0.5) is 9.18 Å². The van der Waals surface area contributed by atoms with Crippen molar-refractivity contribution in [2.24, 2.45) is 0 Å². The molecule has 0 atom stereocenters. The van der Waals surface area contributed by atoms with Gasteiger partial charge in [0.05, 0.1) is 6.42 Å². The molecule has 0 aliphatic carbocycles. The maximum atomic E-state index is 12.3. The van der Waals surface area contributed by atoms with Crippen molar-refractivity contribution in [2.45, 2.75) is 32.6 Å². The van der Waals surface area contributed by atoms with E-state index in [-0.39, 0.29) is 12.6 Å². The molecule has 0 spiro atoms. The molecule has 138 valence electrons. The Morgan fingerprint density at radius 3 is 2.42 bits per heavy atom. The number of carbonyl (C=O) groups excluding carboxylic acids is 2. The fourth-order valence-electron chi connectivity index (χ4n) is 2.18. The number of terminal acetylenes is 1. The summed E-state index contributed by atoms with van der Waals surface area (Å²) in [6.07, 6.45) is 6.69. The van der Waals surface area contributed by atoms with Gasteiger partial charge in [-0.2, -0.15) is 0 Å². The molecule has 0 bridgehead atoms. The fraction of sp³-hybridized carbons (Fsp3) is 0.765. The third-order valence-electron chi connectivity index (χ3n) is 3.46. The van der Waals surface area contributed by atoms with Crippen LogP contribution in [0.25, 0.3) is 0 Å². The van der Waals surface area contributed by atoms with Gasteiger partial charge in [0.25, 0.3) is 0 Å². The van der Waals surface area contributed by atoms with E-state index in [2.05, 4.69) is 23.1 Å². The number of amides is 1. The number of nitrogens with one attached hydrogen (secondary N) is 1. The lowest BCUT2D eigenvalue weighted by Gasteiger charge is -2.21. The highest BCUT2D eigenvalue weighted by Crippen LogP contribution is 1.98. The summed E-state index contributed by atoms with van der Waals surface area (Å²) in [6, 6.07) is 0. The highest BCUT2D eigenvalue weighted by atomic mass is 19.1. The van der Waals surface area contributed by atoms with Crippen molar-refractivity contribution >= 4 is 12.1 Å². The molecule has 0 aliphatic rings. The topological polar surface area (TPSA) is 61.9 Å². The third kappa shape index (κ3) is 12.9. The second kappa shape index (κ2) is 14.9. The molecule has 0 saturated heterocycles. The van der Waals surface area contributed by atoms with Crippen LogP contribution >= 0.6 is 0 Å². The number of ether oxygens (including phenoxy) is 1. The number of hydrogen-bond donors (Lipinski definition) is 1. The normalized spacial score (nSPS) is 10.5. The van der Waals surface area contributed by atoms with Gasteiger partial charge in [-0.05, 0) is 45.4 Å². The highest BCUT2D eigenvalue weighted by molar-refractivity contribution is 5.69. The van der Waals surface area contributed by atoms with Crippen molar-refractivity contribution in [1.29, 1.82) is 0 Å². The zero-order chi connectivity index (χ0) is 18.2. The van der Waals surface area contributed by atoms with Crippen molar-refractivity contribution < 1.29 is 18.7 Å². The second-order valence-electron chi connectivity index (χ2n) is 5.59. The van der Waals surface area contributed by atoms with Crippen LogP contribution < -0.4 is 5.32 Å². The Labute approximate surface area is 144 Å². The van der Waals surface area contributed by atoms with Crippen molar-refractivity contribution in [3.8, 4) is 12.3 Å². The van der Waals surface area contributed by atoms with Crippen molar-refractivity contribution in [3.63, 3.8) is 0 Å². The number of carbonyl (C=O) groups is 2. The van der Waals surface area contributed by atoms with Gasteiger partial charge >= 0.3 is 12.1 Å². The average molecular weight is 343 g/mol. The molecule has 0 radical (unpaired) electrons. The SMILES string of the molecule is C#CCOC(=O)CCN(CCC)CCCNCCCN(C)C(=O)F. The fourth-order valence-corrected chi connectivity index (χ4v) is 2.18. The summed E-state index contributed by atoms with van der Waals surface area (Å²) in [7, 11) is 1.44. The van der Waals surface area contributed by atoms with Crippen LogP contribution in [0.3, 0.4) is 0 Å². The smallest absolute Gasteiger partial charge is 0.399 e. The molecule has 0 aromatic rings. The van der Waals surface area contributed by atoms with Gasteiger partial charge < -0.3 is 19.9 Å². The van der Waals surface area contributed by atoms with E-state index in [0.717, 1.165) is 43.9 Å². The molecule has 6 nitrogen and oxygen atoms in total. The Bertz CT molecular complexity index is 399. The van der Waals surface area contributed by atoms with Crippen LogP contribution in [0.1, 0.15) is 32.6 Å². The summed E-state index contributed by atoms with van der Waals surface area (Å²) in [5.41, 5.74) is 0. The summed E-state index contributed by atoms with van der Waals surface area (Å²) in [6.45, 7) is 6.62. The number of rotatable bonds is 14. The first-order chi connectivity index (χ1) is 11.5. The van der Waals surface area contributed by atoms with Crippen molar-refractivity contribution in [1.82, 2.24) is 15.1 Å². The summed E-state index contributed by atoms with van der Waals surface area (Å²) in [5, 5.41) is 3.27. The van der Waals surface area contributed by atoms with Gasteiger partial charge in [-0.15, -0.1) is 10.8 Å². The lowest BCUT2D eigenvalue weighted by atomic mass is 10.3. The van der Waals surface area contributed by atoms with E-state index in [9.17, 15) is 14.0 Å². The molecule has 0 rings (SSSR count). The van der Waals surface area contributed by atoms with Gasteiger partial charge in [0.2, 0.25) is 0 Å². The molecule has 0 aliphatic heterocycles. The lowest BCUT2D eigenvalue weighted by molar-refractivity contribution is -0.142. The predicted molar refractivity (Wildman–Crippen MR) is 92.4 cm³/mol. The molecule has 7 heteroatoms. The van der Waals surface area contributed by atoms with E-state index in [1.807, 2.05) is 0 Å². The molecule has 1 amide bonds. The Hall–Kier alpha value is -1.65. The predicted octanol–water partition coefficient (Wildman–Crippen LogP) is 1.66. The van der Waals surface area contributed by atoms with Crippen LogP contribution in [0.5, 0.6) is 0 Å². The molecule has 1 N–H and O–H groups in total. The molecule has 0 fully saturated rings. The van der Waals surface area contributed by atoms with Crippen LogP contribution in [-0.4, -0.2) is 74.9 Å². The Kier molecular flexibility index (Phi) is 13.9. The van der Waals surface area contributed by atoms with Gasteiger partial charge in [-0.3, -0.25) is 4.79 Å². The second-order valence-corrected chi connectivity index (χ2v) is 5.59. The largest absolute Gasteiger partial charge is 0.452 e. The van der Waals surface area contributed by atoms with E-state index in [1.165, 1.54) is 7.05 Å². The van der Waals surface area contributed by atoms with E-state index in [4.69, 9.17) is 11.2 Å². The first kappa shape index (κ1) is 22.4. The summed E-state index contributed by atoms with van der Waals surface area (Å²) in [5.74, 6) is 2.01. The molecule has 0 aromatic heterocycles. The maximum Gasteiger partial charge on any atom is 0.399 e. The van der Waals surface area contributed by atoms with Gasteiger partial charge in [0.1, 0.15) is 0 Å². The van der Waals surface area contributed by atoms with Gasteiger partial charge in [0.15, 0.2) is 6.61 Å². The maximum absolute atomic E-state index is 12.3. The standard InChI is InChI=1S/C17H30FN3O3/c1-4-11-21(14-8-16(22)24-15-5-2)13-7-10-19-9-6-12-20(3)17(18)23/h2,19H,4,6-15H2,1,3H3. The lowest BCUT2D eigenvalue weighted by Crippen LogP contribution is -2.31. The number of hydrogen-bond acceptors (Lipinski definition) is 5. The number of nitrogens with zero attached hydrogens (tertiary/aromatic N) is 2. The van der Waals surface area contributed by atoms with Crippen LogP contribution in [0.2, 0.25) is 0 Å². The van der Waals surface area contributed by atoms with Crippen molar-refractivity contribution in [3.05, 3.63) is 0 Å². The minimum atomic E-state index is -1.40. The number of esters is 1. The Morgan fingerprint density at radius 2 is 1.83 bits per heavy atom. The average Bonchev–Trinajstić information content (AvgIpc) is 2.56. The minimum Gasteiger partial charge on any atom is -0.452 e. The first-order valence-electron chi connectivity index (χ1n) is 8.44. The molecular formula is C17H30FN3O3. The van der Waals surface area contributed by atoms with E-state index in [0.29, 0.717) is 25.9 Å². The third-order valence-corrected chi connectivity index (χ3v) is 3.46. The van der Waals surface area contributed by atoms with Gasteiger partial charge in [0, 0.05) is 20.1 Å². The summed E-state index contributed by atoms with van der Waals surface area (Å²) >= 11 is 0. The molecule has 0 unspecified atom stereocenters. The minimum absolute atomic E-state index is 0.0275. The molecule has 0 aromatic carbocycles. The molecule has 0 saturated carbocycles. The molecule has 24 heavy (non-hydrogen) atoms. The van der Waals surface area contributed by atoms with Crippen LogP contribution in [-0.2, 0) is 9.53 Å².